The van der Waals surface area contributed by atoms with Crippen LogP contribution in [0.3, 0.4) is 0 Å². The number of hydrogen-bond donors (Lipinski definition) is 0. The number of benzene rings is 1. The van der Waals surface area contributed by atoms with Crippen LogP contribution in [-0.2, 0) is 0 Å². The van der Waals surface area contributed by atoms with Gasteiger partial charge in [0.1, 0.15) is 5.75 Å². The second-order valence-corrected chi connectivity index (χ2v) is 4.98. The van der Waals surface area contributed by atoms with Gasteiger partial charge in [-0.05, 0) is 35.7 Å². The summed E-state index contributed by atoms with van der Waals surface area (Å²) in [5.41, 5.74) is 1.80. The summed E-state index contributed by atoms with van der Waals surface area (Å²) >= 11 is 7.69. The molecule has 0 spiro atoms. The molecule has 0 aliphatic carbocycles. The monoisotopic (exact) mass is 276 g/mol. The highest BCUT2D eigenvalue weighted by Crippen LogP contribution is 2.29. The number of halogens is 1. The highest BCUT2D eigenvalue weighted by atomic mass is 35.5. The van der Waals surface area contributed by atoms with Gasteiger partial charge in [-0.2, -0.15) is 0 Å². The lowest BCUT2D eigenvalue weighted by atomic mass is 10.2. The first-order valence-corrected chi connectivity index (χ1v) is 6.59. The van der Waals surface area contributed by atoms with Gasteiger partial charge in [-0.3, -0.25) is 0 Å². The van der Waals surface area contributed by atoms with Crippen molar-refractivity contribution in [2.75, 3.05) is 7.11 Å². The fraction of sp³-hybridized carbons (Fsp3) is 0.0769. The number of nitrogens with zero attached hydrogens (tertiary/aromatic N) is 2. The van der Waals surface area contributed by atoms with Gasteiger partial charge in [0.15, 0.2) is 11.0 Å². The zero-order chi connectivity index (χ0) is 12.5. The van der Waals surface area contributed by atoms with Gasteiger partial charge in [-0.15, -0.1) is 11.3 Å². The Morgan fingerprint density at radius 3 is 2.61 bits per heavy atom. The van der Waals surface area contributed by atoms with Crippen molar-refractivity contribution in [3.8, 4) is 17.1 Å². The number of methoxy groups -OCH3 is 1. The van der Waals surface area contributed by atoms with Crippen molar-refractivity contribution in [2.45, 2.75) is 0 Å². The van der Waals surface area contributed by atoms with Gasteiger partial charge in [0.25, 0.3) is 0 Å². The molecule has 0 bridgehead atoms. The summed E-state index contributed by atoms with van der Waals surface area (Å²) in [6.07, 6.45) is 0. The Morgan fingerprint density at radius 2 is 1.89 bits per heavy atom. The third kappa shape index (κ3) is 1.94. The molecular weight excluding hydrogens is 268 g/mol. The summed E-state index contributed by atoms with van der Waals surface area (Å²) in [4.78, 5) is 8.82. The maximum Gasteiger partial charge on any atom is 0.161 e. The average molecular weight is 277 g/mol. The lowest BCUT2D eigenvalue weighted by Crippen LogP contribution is -1.90. The predicted octanol–water partition coefficient (Wildman–Crippen LogP) is 4.02. The minimum absolute atomic E-state index is 0.501. The predicted molar refractivity (Wildman–Crippen MR) is 74.4 cm³/mol. The third-order valence-electron chi connectivity index (χ3n) is 2.61. The molecule has 0 aliphatic rings. The van der Waals surface area contributed by atoms with E-state index >= 15 is 0 Å². The molecule has 90 valence electrons. The fourth-order valence-corrected chi connectivity index (χ4v) is 2.72. The van der Waals surface area contributed by atoms with Crippen molar-refractivity contribution in [3.05, 3.63) is 40.9 Å². The van der Waals surface area contributed by atoms with Crippen LogP contribution in [0.25, 0.3) is 21.6 Å². The van der Waals surface area contributed by atoms with Crippen LogP contribution in [-0.4, -0.2) is 17.1 Å². The average Bonchev–Trinajstić information content (AvgIpc) is 2.88. The molecular formula is C13H9ClN2OS. The Hall–Kier alpha value is -1.65. The molecule has 18 heavy (non-hydrogen) atoms. The molecule has 0 saturated carbocycles. The lowest BCUT2D eigenvalue weighted by Gasteiger charge is -2.03. The van der Waals surface area contributed by atoms with E-state index in [1.807, 2.05) is 35.7 Å². The maximum absolute atomic E-state index is 6.15. The minimum Gasteiger partial charge on any atom is -0.497 e. The lowest BCUT2D eigenvalue weighted by molar-refractivity contribution is 0.415. The van der Waals surface area contributed by atoms with Gasteiger partial charge < -0.3 is 4.74 Å². The van der Waals surface area contributed by atoms with E-state index in [1.165, 1.54) is 0 Å². The van der Waals surface area contributed by atoms with Crippen LogP contribution in [0.15, 0.2) is 35.7 Å². The molecule has 5 heteroatoms. The highest BCUT2D eigenvalue weighted by Gasteiger charge is 2.08. The largest absolute Gasteiger partial charge is 0.497 e. The number of thiophene rings is 1. The molecule has 0 amide bonds. The molecule has 3 aromatic rings. The first-order valence-electron chi connectivity index (χ1n) is 5.33. The van der Waals surface area contributed by atoms with Crippen LogP contribution < -0.4 is 4.74 Å². The standard InChI is InChI=1S/C13H9ClN2OS/c1-17-9-4-2-8(3-5-9)13-15-10-6-7-18-11(10)12(14)16-13/h2-7H,1H3. The van der Waals surface area contributed by atoms with Crippen LogP contribution in [0.5, 0.6) is 5.75 Å². The first-order chi connectivity index (χ1) is 8.78. The van der Waals surface area contributed by atoms with Crippen molar-refractivity contribution in [3.63, 3.8) is 0 Å². The Labute approximate surface area is 113 Å². The normalized spacial score (nSPS) is 10.8. The molecule has 0 atom stereocenters. The number of fused-ring (bicyclic) bond motifs is 1. The van der Waals surface area contributed by atoms with E-state index in [9.17, 15) is 0 Å². The molecule has 3 rings (SSSR count). The number of rotatable bonds is 2. The Balaban J connectivity index is 2.12. The van der Waals surface area contributed by atoms with E-state index in [4.69, 9.17) is 16.3 Å². The van der Waals surface area contributed by atoms with Crippen LogP contribution in [0.4, 0.5) is 0 Å². The molecule has 0 N–H and O–H groups in total. The molecule has 0 aliphatic heterocycles. The molecule has 3 nitrogen and oxygen atoms in total. The zero-order valence-corrected chi connectivity index (χ0v) is 11.1. The number of aromatic nitrogens is 2. The summed E-state index contributed by atoms with van der Waals surface area (Å²) < 4.78 is 6.05. The van der Waals surface area contributed by atoms with Gasteiger partial charge in [-0.1, -0.05) is 11.6 Å². The smallest absolute Gasteiger partial charge is 0.161 e. The zero-order valence-electron chi connectivity index (χ0n) is 9.55. The SMILES string of the molecule is COc1ccc(-c2nc(Cl)c3sccc3n2)cc1. The van der Waals surface area contributed by atoms with Crippen molar-refractivity contribution < 1.29 is 4.74 Å². The quantitative estimate of drug-likeness (QED) is 0.663. The van der Waals surface area contributed by atoms with Gasteiger partial charge in [0, 0.05) is 5.56 Å². The molecule has 1 aromatic carbocycles. The third-order valence-corrected chi connectivity index (χ3v) is 3.91. The van der Waals surface area contributed by atoms with Crippen LogP contribution in [0, 0.1) is 0 Å². The Kier molecular flexibility index (Phi) is 2.89. The van der Waals surface area contributed by atoms with Gasteiger partial charge in [0.2, 0.25) is 0 Å². The van der Waals surface area contributed by atoms with Gasteiger partial charge in [-0.25, -0.2) is 9.97 Å². The second kappa shape index (κ2) is 4.55. The first kappa shape index (κ1) is 11.4. The van der Waals surface area contributed by atoms with E-state index in [0.29, 0.717) is 11.0 Å². The van der Waals surface area contributed by atoms with Gasteiger partial charge in [0.05, 0.1) is 17.3 Å². The Bertz CT molecular complexity index is 694. The molecule has 0 saturated heterocycles. The highest BCUT2D eigenvalue weighted by molar-refractivity contribution is 7.17. The van der Waals surface area contributed by atoms with Crippen molar-refractivity contribution in [1.82, 2.24) is 9.97 Å². The van der Waals surface area contributed by atoms with Crippen LogP contribution in [0.1, 0.15) is 0 Å². The second-order valence-electron chi connectivity index (χ2n) is 3.70. The fourth-order valence-electron chi connectivity index (χ4n) is 1.70. The minimum atomic E-state index is 0.501. The van der Waals surface area contributed by atoms with E-state index in [1.54, 1.807) is 18.4 Å². The Morgan fingerprint density at radius 1 is 1.11 bits per heavy atom. The molecule has 2 heterocycles. The molecule has 0 unspecified atom stereocenters. The topological polar surface area (TPSA) is 35.0 Å². The van der Waals surface area contributed by atoms with E-state index in [2.05, 4.69) is 9.97 Å². The van der Waals surface area contributed by atoms with Crippen LogP contribution in [0.2, 0.25) is 5.15 Å². The summed E-state index contributed by atoms with van der Waals surface area (Å²) in [6, 6.07) is 9.54. The number of hydrogen-bond acceptors (Lipinski definition) is 4. The summed E-state index contributed by atoms with van der Waals surface area (Å²) in [7, 11) is 1.64. The van der Waals surface area contributed by atoms with Crippen molar-refractivity contribution >= 4 is 33.2 Å². The van der Waals surface area contributed by atoms with Crippen molar-refractivity contribution in [2.24, 2.45) is 0 Å². The van der Waals surface area contributed by atoms with Gasteiger partial charge >= 0.3 is 0 Å². The summed E-state index contributed by atoms with van der Waals surface area (Å²) in [6.45, 7) is 0. The molecule has 0 fully saturated rings. The van der Waals surface area contributed by atoms with E-state index < -0.39 is 0 Å². The van der Waals surface area contributed by atoms with E-state index in [0.717, 1.165) is 21.5 Å². The number of ether oxygens (including phenoxy) is 1. The summed E-state index contributed by atoms with van der Waals surface area (Å²) in [5, 5.41) is 2.46. The maximum atomic E-state index is 6.15. The van der Waals surface area contributed by atoms with Crippen molar-refractivity contribution in [1.29, 1.82) is 0 Å². The molecule has 0 radical (unpaired) electrons. The molecule has 2 aromatic heterocycles. The summed E-state index contributed by atoms with van der Waals surface area (Å²) in [5.74, 6) is 1.44. The van der Waals surface area contributed by atoms with E-state index in [-0.39, 0.29) is 0 Å². The van der Waals surface area contributed by atoms with Crippen LogP contribution >= 0.6 is 22.9 Å².